The number of aliphatic carboxylic acids is 1. The highest BCUT2D eigenvalue weighted by atomic mass is 79.9. The number of benzene rings is 1. The summed E-state index contributed by atoms with van der Waals surface area (Å²) in [6, 6.07) is 2.10. The van der Waals surface area contributed by atoms with Crippen LogP contribution in [0.4, 0.5) is 16.2 Å². The Morgan fingerprint density at radius 3 is 2.43 bits per heavy atom. The van der Waals surface area contributed by atoms with E-state index in [0.717, 1.165) is 0 Å². The Balaban J connectivity index is 2.79. The van der Waals surface area contributed by atoms with Crippen molar-refractivity contribution in [3.05, 3.63) is 32.8 Å². The minimum absolute atomic E-state index is 0.126. The topological polar surface area (TPSA) is 122 Å². The second-order valence-corrected chi connectivity index (χ2v) is 5.43. The molecule has 0 radical (unpaired) electrons. The number of non-ortho nitro benzene ring substituents is 1. The van der Waals surface area contributed by atoms with Crippen LogP contribution in [0.3, 0.4) is 0 Å². The van der Waals surface area contributed by atoms with Crippen molar-refractivity contribution in [3.8, 4) is 0 Å². The lowest BCUT2D eigenvalue weighted by molar-refractivity contribution is -0.384. The van der Waals surface area contributed by atoms with Crippen LogP contribution in [0.1, 0.15) is 13.8 Å². The van der Waals surface area contributed by atoms with E-state index in [-0.39, 0.29) is 11.6 Å². The van der Waals surface area contributed by atoms with Crippen LogP contribution in [0.2, 0.25) is 0 Å². The van der Waals surface area contributed by atoms with E-state index >= 15 is 0 Å². The number of carboxylic acid groups (broad SMARTS) is 1. The Morgan fingerprint density at radius 2 is 2.00 bits per heavy atom. The molecule has 0 bridgehead atoms. The smallest absolute Gasteiger partial charge is 0.326 e. The van der Waals surface area contributed by atoms with Gasteiger partial charge in [0.2, 0.25) is 0 Å². The van der Waals surface area contributed by atoms with Crippen molar-refractivity contribution in [2.45, 2.75) is 19.9 Å². The van der Waals surface area contributed by atoms with Crippen LogP contribution in [-0.2, 0) is 4.79 Å². The lowest BCUT2D eigenvalue weighted by Crippen LogP contribution is -2.46. The maximum absolute atomic E-state index is 11.8. The van der Waals surface area contributed by atoms with Gasteiger partial charge in [-0.2, -0.15) is 0 Å². The molecule has 114 valence electrons. The van der Waals surface area contributed by atoms with E-state index in [4.69, 9.17) is 5.11 Å². The van der Waals surface area contributed by atoms with Gasteiger partial charge in [-0.15, -0.1) is 0 Å². The third-order valence-corrected chi connectivity index (χ3v) is 3.29. The molecule has 0 heterocycles. The van der Waals surface area contributed by atoms with Gasteiger partial charge in [0.05, 0.1) is 10.6 Å². The molecule has 8 nitrogen and oxygen atoms in total. The summed E-state index contributed by atoms with van der Waals surface area (Å²) in [5.74, 6) is -1.42. The van der Waals surface area contributed by atoms with E-state index in [9.17, 15) is 19.7 Å². The van der Waals surface area contributed by atoms with Crippen molar-refractivity contribution in [1.29, 1.82) is 0 Å². The summed E-state index contributed by atoms with van der Waals surface area (Å²) < 4.78 is 0.322. The number of urea groups is 1. The van der Waals surface area contributed by atoms with Gasteiger partial charge in [-0.05, 0) is 27.9 Å². The number of amides is 2. The maximum atomic E-state index is 11.8. The fourth-order valence-electron chi connectivity index (χ4n) is 1.53. The zero-order valence-electron chi connectivity index (χ0n) is 11.3. The van der Waals surface area contributed by atoms with Crippen molar-refractivity contribution >= 4 is 39.3 Å². The summed E-state index contributed by atoms with van der Waals surface area (Å²) in [6.07, 6.45) is 0. The van der Waals surface area contributed by atoms with E-state index in [1.165, 1.54) is 18.2 Å². The average Bonchev–Trinajstić information content (AvgIpc) is 2.37. The molecule has 2 amide bonds. The molecule has 0 aliphatic heterocycles. The molecule has 0 aliphatic rings. The van der Waals surface area contributed by atoms with Gasteiger partial charge >= 0.3 is 12.0 Å². The number of carboxylic acids is 1. The fourth-order valence-corrected chi connectivity index (χ4v) is 2.00. The largest absolute Gasteiger partial charge is 0.480 e. The molecular weight excluding hydrogens is 346 g/mol. The van der Waals surface area contributed by atoms with Gasteiger partial charge in [0.1, 0.15) is 6.04 Å². The molecule has 0 aromatic heterocycles. The predicted molar refractivity (Wildman–Crippen MR) is 79.2 cm³/mol. The van der Waals surface area contributed by atoms with Crippen LogP contribution < -0.4 is 10.6 Å². The fraction of sp³-hybridized carbons (Fsp3) is 0.333. The minimum Gasteiger partial charge on any atom is -0.480 e. The van der Waals surface area contributed by atoms with Crippen molar-refractivity contribution < 1.29 is 19.6 Å². The van der Waals surface area contributed by atoms with E-state index in [1.54, 1.807) is 13.8 Å². The highest BCUT2D eigenvalue weighted by molar-refractivity contribution is 9.10. The molecule has 21 heavy (non-hydrogen) atoms. The number of carbonyl (C=O) groups excluding carboxylic acids is 1. The molecule has 1 aromatic rings. The summed E-state index contributed by atoms with van der Waals surface area (Å²) in [6.45, 7) is 3.34. The molecular formula is C12H14BrN3O5. The average molecular weight is 360 g/mol. The van der Waals surface area contributed by atoms with Gasteiger partial charge in [0.15, 0.2) is 0 Å². The molecule has 1 rings (SSSR count). The highest BCUT2D eigenvalue weighted by Gasteiger charge is 2.23. The standard InChI is InChI=1S/C12H14BrN3O5/c1-6(2)10(11(17)18)15-12(19)14-9-4-3-7(16(20)21)5-8(9)13/h3-6,10H,1-2H3,(H,17,18)(H2,14,15,19)/t10-/m1/s1. The number of rotatable bonds is 5. The van der Waals surface area contributed by atoms with Crippen LogP contribution in [0.25, 0.3) is 0 Å². The number of halogens is 1. The Bertz CT molecular complexity index is 576. The van der Waals surface area contributed by atoms with E-state index in [2.05, 4.69) is 26.6 Å². The SMILES string of the molecule is CC(C)[C@@H](NC(=O)Nc1ccc([N+](=O)[O-])cc1Br)C(=O)O. The normalized spacial score (nSPS) is 11.8. The van der Waals surface area contributed by atoms with Gasteiger partial charge in [-0.25, -0.2) is 9.59 Å². The summed E-state index contributed by atoms with van der Waals surface area (Å²) in [5.41, 5.74) is 0.171. The van der Waals surface area contributed by atoms with Crippen LogP contribution in [0.15, 0.2) is 22.7 Å². The molecule has 0 fully saturated rings. The van der Waals surface area contributed by atoms with Crippen molar-refractivity contribution in [3.63, 3.8) is 0 Å². The first-order valence-electron chi connectivity index (χ1n) is 5.96. The number of nitro groups is 1. The second-order valence-electron chi connectivity index (χ2n) is 4.58. The number of nitro benzene ring substituents is 1. The summed E-state index contributed by atoms with van der Waals surface area (Å²) in [7, 11) is 0. The lowest BCUT2D eigenvalue weighted by Gasteiger charge is -2.18. The van der Waals surface area contributed by atoms with E-state index in [0.29, 0.717) is 10.2 Å². The third kappa shape index (κ3) is 4.71. The number of hydrogen-bond donors (Lipinski definition) is 3. The van der Waals surface area contributed by atoms with Crippen LogP contribution in [0.5, 0.6) is 0 Å². The molecule has 1 atom stereocenters. The Kier molecular flexibility index (Phi) is 5.65. The second kappa shape index (κ2) is 7.02. The third-order valence-electron chi connectivity index (χ3n) is 2.63. The Morgan fingerprint density at radius 1 is 1.38 bits per heavy atom. The van der Waals surface area contributed by atoms with Crippen molar-refractivity contribution in [1.82, 2.24) is 5.32 Å². The van der Waals surface area contributed by atoms with E-state index in [1.807, 2.05) is 0 Å². The first-order valence-corrected chi connectivity index (χ1v) is 6.76. The van der Waals surface area contributed by atoms with Crippen molar-refractivity contribution in [2.75, 3.05) is 5.32 Å². The zero-order valence-corrected chi connectivity index (χ0v) is 12.9. The summed E-state index contributed by atoms with van der Waals surface area (Å²) >= 11 is 3.10. The quantitative estimate of drug-likeness (QED) is 0.550. The van der Waals surface area contributed by atoms with Gasteiger partial charge in [0, 0.05) is 16.6 Å². The molecule has 0 saturated heterocycles. The van der Waals surface area contributed by atoms with Gasteiger partial charge < -0.3 is 15.7 Å². The van der Waals surface area contributed by atoms with E-state index < -0.39 is 23.0 Å². The monoisotopic (exact) mass is 359 g/mol. The molecule has 9 heteroatoms. The Hall–Kier alpha value is -2.16. The lowest BCUT2D eigenvalue weighted by atomic mass is 10.1. The highest BCUT2D eigenvalue weighted by Crippen LogP contribution is 2.27. The van der Waals surface area contributed by atoms with Gasteiger partial charge in [-0.3, -0.25) is 10.1 Å². The zero-order chi connectivity index (χ0) is 16.2. The minimum atomic E-state index is -1.14. The first-order chi connectivity index (χ1) is 9.72. The number of anilines is 1. The Labute approximate surface area is 128 Å². The number of nitrogens with one attached hydrogen (secondary N) is 2. The maximum Gasteiger partial charge on any atom is 0.326 e. The number of nitrogens with zero attached hydrogens (tertiary/aromatic N) is 1. The summed E-state index contributed by atoms with van der Waals surface area (Å²) in [5, 5.41) is 24.3. The molecule has 0 saturated carbocycles. The molecule has 3 N–H and O–H groups in total. The predicted octanol–water partition coefficient (Wildman–Crippen LogP) is 2.59. The molecule has 0 spiro atoms. The number of carbonyl (C=O) groups is 2. The van der Waals surface area contributed by atoms with Crippen LogP contribution >= 0.6 is 15.9 Å². The van der Waals surface area contributed by atoms with Crippen LogP contribution in [-0.4, -0.2) is 28.1 Å². The first kappa shape index (κ1) is 16.9. The molecule has 1 aromatic carbocycles. The van der Waals surface area contributed by atoms with Crippen LogP contribution in [0, 0.1) is 16.0 Å². The molecule has 0 aliphatic carbocycles. The number of hydrogen-bond acceptors (Lipinski definition) is 4. The van der Waals surface area contributed by atoms with Crippen molar-refractivity contribution in [2.24, 2.45) is 5.92 Å². The molecule has 0 unspecified atom stereocenters. The summed E-state index contributed by atoms with van der Waals surface area (Å²) in [4.78, 5) is 32.8. The van der Waals surface area contributed by atoms with Gasteiger partial charge in [-0.1, -0.05) is 13.8 Å². The van der Waals surface area contributed by atoms with Gasteiger partial charge in [0.25, 0.3) is 5.69 Å².